The summed E-state index contributed by atoms with van der Waals surface area (Å²) in [6.45, 7) is 17.3. The molecule has 0 N–H and O–H groups in total. The van der Waals surface area contributed by atoms with Gasteiger partial charge in [-0.25, -0.2) is 8.78 Å². The lowest BCUT2D eigenvalue weighted by molar-refractivity contribution is -0.0360. The number of aromatic nitrogens is 2. The first-order valence-electron chi connectivity index (χ1n) is 14.8. The fraction of sp³-hybridized carbons (Fsp3) is 0.308. The van der Waals surface area contributed by atoms with Gasteiger partial charge in [0.2, 0.25) is 0 Å². The number of hydrogen-bond acceptors (Lipinski definition) is 3. The lowest BCUT2D eigenvalue weighted by atomic mass is 9.78. The molecule has 44 heavy (non-hydrogen) atoms. The number of fused-ring (bicyclic) bond motifs is 1. The number of rotatable bonds is 11. The van der Waals surface area contributed by atoms with Crippen molar-refractivity contribution >= 4 is 10.9 Å². The molecule has 0 aliphatic rings. The third-order valence-electron chi connectivity index (χ3n) is 8.25. The molecule has 0 fully saturated rings. The molecule has 0 aliphatic carbocycles. The predicted molar refractivity (Wildman–Crippen MR) is 179 cm³/mol. The fourth-order valence-electron chi connectivity index (χ4n) is 5.62. The molecular formula is C39H41F2N3. The molecule has 2 unspecified atom stereocenters. The summed E-state index contributed by atoms with van der Waals surface area (Å²) in [7, 11) is 0. The Morgan fingerprint density at radius 1 is 1.02 bits per heavy atom. The van der Waals surface area contributed by atoms with Gasteiger partial charge in [-0.15, -0.1) is 26.0 Å². The van der Waals surface area contributed by atoms with Gasteiger partial charge in [0.15, 0.2) is 0 Å². The van der Waals surface area contributed by atoms with E-state index in [1.54, 1.807) is 19.1 Å². The summed E-state index contributed by atoms with van der Waals surface area (Å²) in [5.41, 5.74) is 6.85. The summed E-state index contributed by atoms with van der Waals surface area (Å²) in [4.78, 5) is 9.57. The van der Waals surface area contributed by atoms with Crippen molar-refractivity contribution in [3.63, 3.8) is 0 Å². The van der Waals surface area contributed by atoms with Crippen LogP contribution in [0, 0.1) is 44.9 Å². The quantitative estimate of drug-likeness (QED) is 0.129. The second-order valence-electron chi connectivity index (χ2n) is 11.5. The van der Waals surface area contributed by atoms with E-state index in [4.69, 9.17) is 4.98 Å². The highest BCUT2D eigenvalue weighted by Crippen LogP contribution is 2.43. The minimum atomic E-state index is -3.08. The first-order chi connectivity index (χ1) is 21.0. The van der Waals surface area contributed by atoms with Gasteiger partial charge < -0.3 is 0 Å². The lowest BCUT2D eigenvalue weighted by Gasteiger charge is -2.30. The average Bonchev–Trinajstić information content (AvgIpc) is 3.03. The van der Waals surface area contributed by atoms with E-state index < -0.39 is 17.3 Å². The second kappa shape index (κ2) is 14.2. The third kappa shape index (κ3) is 7.12. The zero-order valence-corrected chi connectivity index (χ0v) is 26.4. The zero-order chi connectivity index (χ0) is 32.7. The first-order valence-corrected chi connectivity index (χ1v) is 14.8. The Kier molecular flexibility index (Phi) is 11.0. The molecule has 0 spiro atoms. The number of nitrogens with zero attached hydrogens (tertiary/aromatic N) is 3. The minimum Gasteiger partial charge on any atom is -0.256 e. The summed E-state index contributed by atoms with van der Waals surface area (Å²) in [5, 5.41) is 11.1. The predicted octanol–water partition coefficient (Wildman–Crippen LogP) is 9.93. The van der Waals surface area contributed by atoms with Crippen molar-refractivity contribution in [2.75, 3.05) is 0 Å². The van der Waals surface area contributed by atoms with Crippen molar-refractivity contribution in [3.8, 4) is 30.2 Å². The average molecular weight is 590 g/mol. The molecular weight excluding hydrogens is 548 g/mol. The van der Waals surface area contributed by atoms with Gasteiger partial charge in [-0.3, -0.25) is 9.97 Å². The lowest BCUT2D eigenvalue weighted by Crippen LogP contribution is -2.30. The third-order valence-corrected chi connectivity index (χ3v) is 8.25. The maximum absolute atomic E-state index is 16.3. The normalized spacial score (nSPS) is 13.2. The van der Waals surface area contributed by atoms with Gasteiger partial charge in [0.1, 0.15) is 0 Å². The molecule has 2 aromatic carbocycles. The number of benzene rings is 2. The number of alkyl halides is 2. The van der Waals surface area contributed by atoms with Crippen LogP contribution in [0.3, 0.4) is 0 Å². The van der Waals surface area contributed by atoms with Gasteiger partial charge in [-0.1, -0.05) is 55.0 Å². The SMILES string of the molecule is C#C.C=CCCC(F)(F)C(Cc1cc(CC)c2ncc(C)cc2c1)c1cc(C(C)(C#N)C=C)c(C)c(-c2ccc(C)cc2)n1. The molecule has 5 heteroatoms. The van der Waals surface area contributed by atoms with Gasteiger partial charge in [0.25, 0.3) is 5.92 Å². The van der Waals surface area contributed by atoms with Crippen LogP contribution in [-0.4, -0.2) is 15.9 Å². The number of terminal acetylenes is 1. The van der Waals surface area contributed by atoms with Gasteiger partial charge in [0, 0.05) is 23.6 Å². The van der Waals surface area contributed by atoms with E-state index in [1.165, 1.54) is 6.08 Å². The highest BCUT2D eigenvalue weighted by Gasteiger charge is 2.42. The number of hydrogen-bond donors (Lipinski definition) is 0. The standard InChI is InChI=1S/C37H39F2N3.C2H2/c1-8-11-16-37(38,39)32(20-27-18-28(9-2)35-30(19-27)17-25(5)22-41-35)33-21-31(36(7,10-3)23-40)26(6)34(42-33)29-14-12-24(4)13-15-29;1-2/h8,10,12-15,17-19,21-22,32H,1,3,9,11,16,20H2,2,4-7H3;1-2H. The number of halogens is 2. The van der Waals surface area contributed by atoms with Gasteiger partial charge in [0.05, 0.1) is 34.3 Å². The molecule has 0 saturated carbocycles. The van der Waals surface area contributed by atoms with Gasteiger partial charge in [-0.2, -0.15) is 5.26 Å². The number of allylic oxidation sites excluding steroid dienone is 2. The van der Waals surface area contributed by atoms with E-state index in [0.29, 0.717) is 11.3 Å². The van der Waals surface area contributed by atoms with Crippen molar-refractivity contribution in [1.29, 1.82) is 5.26 Å². The smallest absolute Gasteiger partial charge is 0.256 e. The highest BCUT2D eigenvalue weighted by atomic mass is 19.3. The molecule has 0 radical (unpaired) electrons. The zero-order valence-electron chi connectivity index (χ0n) is 26.4. The largest absolute Gasteiger partial charge is 0.257 e. The van der Waals surface area contributed by atoms with E-state index in [1.807, 2.05) is 63.4 Å². The molecule has 3 nitrogen and oxygen atoms in total. The van der Waals surface area contributed by atoms with Crippen LogP contribution in [0.4, 0.5) is 8.78 Å². The van der Waals surface area contributed by atoms with Crippen molar-refractivity contribution < 1.29 is 8.78 Å². The molecule has 0 saturated heterocycles. The van der Waals surface area contributed by atoms with Crippen LogP contribution in [0.5, 0.6) is 0 Å². The highest BCUT2D eigenvalue weighted by molar-refractivity contribution is 5.83. The minimum absolute atomic E-state index is 0.0845. The Bertz CT molecular complexity index is 1710. The van der Waals surface area contributed by atoms with Crippen LogP contribution in [0.2, 0.25) is 0 Å². The molecule has 0 bridgehead atoms. The summed E-state index contributed by atoms with van der Waals surface area (Å²) in [6, 6.07) is 17.9. The second-order valence-corrected chi connectivity index (χ2v) is 11.5. The maximum Gasteiger partial charge on any atom is 0.257 e. The summed E-state index contributed by atoms with van der Waals surface area (Å²) in [5.74, 6) is -4.31. The van der Waals surface area contributed by atoms with E-state index in [-0.39, 0.29) is 25.0 Å². The number of aryl methyl sites for hydroxylation is 3. The van der Waals surface area contributed by atoms with Crippen molar-refractivity contribution in [2.24, 2.45) is 0 Å². The Morgan fingerprint density at radius 3 is 2.30 bits per heavy atom. The summed E-state index contributed by atoms with van der Waals surface area (Å²) >= 11 is 0. The molecule has 2 aromatic heterocycles. The van der Waals surface area contributed by atoms with Crippen LogP contribution in [0.1, 0.15) is 71.7 Å². The molecule has 0 aliphatic heterocycles. The number of nitriles is 1. The van der Waals surface area contributed by atoms with Crippen LogP contribution in [0.25, 0.3) is 22.2 Å². The van der Waals surface area contributed by atoms with Crippen molar-refractivity contribution in [2.45, 2.75) is 77.6 Å². The topological polar surface area (TPSA) is 49.6 Å². The van der Waals surface area contributed by atoms with E-state index in [0.717, 1.165) is 50.7 Å². The van der Waals surface area contributed by atoms with Crippen LogP contribution < -0.4 is 0 Å². The molecule has 2 atom stereocenters. The molecule has 0 amide bonds. The van der Waals surface area contributed by atoms with Gasteiger partial charge >= 0.3 is 0 Å². The van der Waals surface area contributed by atoms with Crippen molar-refractivity contribution in [1.82, 2.24) is 9.97 Å². The number of pyridine rings is 2. The molecule has 2 heterocycles. The van der Waals surface area contributed by atoms with Crippen molar-refractivity contribution in [3.05, 3.63) is 119 Å². The Labute approximate surface area is 261 Å². The molecule has 4 aromatic rings. The van der Waals surface area contributed by atoms with Crippen LogP contribution in [-0.2, 0) is 18.3 Å². The van der Waals surface area contributed by atoms with E-state index in [9.17, 15) is 5.26 Å². The Balaban J connectivity index is 0.00000259. The summed E-state index contributed by atoms with van der Waals surface area (Å²) < 4.78 is 32.6. The van der Waals surface area contributed by atoms with Gasteiger partial charge in [-0.05, 0) is 93.0 Å². The van der Waals surface area contributed by atoms with Crippen LogP contribution >= 0.6 is 0 Å². The fourth-order valence-corrected chi connectivity index (χ4v) is 5.62. The summed E-state index contributed by atoms with van der Waals surface area (Å²) in [6.07, 6.45) is 13.6. The molecule has 4 rings (SSSR count). The monoisotopic (exact) mass is 589 g/mol. The van der Waals surface area contributed by atoms with E-state index >= 15 is 8.78 Å². The van der Waals surface area contributed by atoms with Crippen LogP contribution in [0.15, 0.2) is 80.0 Å². The van der Waals surface area contributed by atoms with E-state index in [2.05, 4.69) is 50.0 Å². The first kappa shape index (κ1) is 33.9. The maximum atomic E-state index is 16.3. The Morgan fingerprint density at radius 2 is 1.70 bits per heavy atom. The Hall–Kier alpha value is -4.61. The molecule has 226 valence electrons.